The summed E-state index contributed by atoms with van der Waals surface area (Å²) in [6.07, 6.45) is 6.51. The van der Waals surface area contributed by atoms with Crippen molar-refractivity contribution in [3.05, 3.63) is 0 Å². The van der Waals surface area contributed by atoms with Crippen LogP contribution in [0.4, 0.5) is 0 Å². The number of nitrogens with one attached hydrogen (secondary N) is 1. The molecule has 0 spiro atoms. The van der Waals surface area contributed by atoms with Gasteiger partial charge in [0.15, 0.2) is 5.78 Å². The molecule has 0 saturated heterocycles. The van der Waals surface area contributed by atoms with Crippen LogP contribution in [0.3, 0.4) is 0 Å². The second-order valence-corrected chi connectivity index (χ2v) is 6.16. The third kappa shape index (κ3) is 1.44. The number of carbonyl (C=O) groups excluding carboxylic acids is 1. The van der Waals surface area contributed by atoms with Crippen LogP contribution in [0.25, 0.3) is 0 Å². The van der Waals surface area contributed by atoms with E-state index in [2.05, 4.69) is 5.11 Å². The summed E-state index contributed by atoms with van der Waals surface area (Å²) in [4.78, 5) is 12.3. The summed E-state index contributed by atoms with van der Waals surface area (Å²) >= 11 is 0. The Labute approximate surface area is 96.5 Å². The van der Waals surface area contributed by atoms with Crippen LogP contribution in [0.5, 0.6) is 0 Å². The van der Waals surface area contributed by atoms with Crippen LogP contribution in [-0.2, 0) is 4.79 Å². The van der Waals surface area contributed by atoms with Crippen LogP contribution >= 0.6 is 0 Å². The molecule has 4 rings (SSSR count). The van der Waals surface area contributed by atoms with E-state index in [9.17, 15) is 4.79 Å². The molecule has 16 heavy (non-hydrogen) atoms. The van der Waals surface area contributed by atoms with Gasteiger partial charge in [0.1, 0.15) is 6.04 Å². The monoisotopic (exact) mass is 220 g/mol. The van der Waals surface area contributed by atoms with Crippen molar-refractivity contribution < 1.29 is 4.79 Å². The molecular weight excluding hydrogens is 200 g/mol. The standard InChI is InChI=1S/C13H20N2O/c1-7(15-14)13(16)12-10-3-8-2-9(5-10)6-11(12)4-8/h7-12,14H,2-6H2,1H3. The number of nitrogens with zero attached hydrogens (tertiary/aromatic N) is 1. The summed E-state index contributed by atoms with van der Waals surface area (Å²) in [6, 6.07) is -0.400. The van der Waals surface area contributed by atoms with E-state index in [-0.39, 0.29) is 11.7 Å². The molecule has 0 aromatic rings. The Balaban J connectivity index is 1.81. The van der Waals surface area contributed by atoms with Crippen LogP contribution in [0, 0.1) is 35.1 Å². The Kier molecular flexibility index (Phi) is 2.37. The average Bonchev–Trinajstić information content (AvgIpc) is 2.26. The lowest BCUT2D eigenvalue weighted by Gasteiger charge is -2.54. The number of Topliss-reactive ketones (excluding diaryl/α,β-unsaturated/α-hetero) is 1. The van der Waals surface area contributed by atoms with Crippen LogP contribution in [0.2, 0.25) is 0 Å². The highest BCUT2D eigenvalue weighted by Gasteiger charge is 2.51. The van der Waals surface area contributed by atoms with E-state index < -0.39 is 6.04 Å². The van der Waals surface area contributed by atoms with Gasteiger partial charge in [0.2, 0.25) is 0 Å². The predicted molar refractivity (Wildman–Crippen MR) is 60.2 cm³/mol. The number of ketones is 1. The van der Waals surface area contributed by atoms with Gasteiger partial charge in [0, 0.05) is 5.92 Å². The summed E-state index contributed by atoms with van der Waals surface area (Å²) < 4.78 is 0. The number of hydrogen-bond acceptors (Lipinski definition) is 3. The summed E-state index contributed by atoms with van der Waals surface area (Å²) in [5, 5.41) is 3.42. The molecule has 1 N–H and O–H groups in total. The Morgan fingerprint density at radius 3 is 2.06 bits per heavy atom. The predicted octanol–water partition coefficient (Wildman–Crippen LogP) is 3.05. The van der Waals surface area contributed by atoms with Crippen molar-refractivity contribution in [3.63, 3.8) is 0 Å². The first kappa shape index (κ1) is 10.4. The molecule has 88 valence electrons. The largest absolute Gasteiger partial charge is 0.297 e. The second kappa shape index (κ2) is 3.64. The van der Waals surface area contributed by atoms with Gasteiger partial charge in [-0.25, -0.2) is 5.53 Å². The number of rotatable bonds is 3. The Morgan fingerprint density at radius 1 is 1.12 bits per heavy atom. The van der Waals surface area contributed by atoms with Crippen LogP contribution < -0.4 is 0 Å². The fraction of sp³-hybridized carbons (Fsp3) is 0.923. The van der Waals surface area contributed by atoms with Crippen molar-refractivity contribution in [2.24, 2.45) is 34.7 Å². The Bertz CT molecular complexity index is 298. The van der Waals surface area contributed by atoms with Gasteiger partial charge in [-0.2, -0.15) is 5.11 Å². The molecule has 3 nitrogen and oxygen atoms in total. The molecule has 0 radical (unpaired) electrons. The van der Waals surface area contributed by atoms with Gasteiger partial charge in [-0.05, 0) is 62.7 Å². The lowest BCUT2D eigenvalue weighted by molar-refractivity contribution is -0.136. The van der Waals surface area contributed by atoms with E-state index in [1.165, 1.54) is 32.1 Å². The normalized spacial score (nSPS) is 46.7. The summed E-state index contributed by atoms with van der Waals surface area (Å²) in [5.41, 5.74) is 7.02. The number of carbonyl (C=O) groups is 1. The van der Waals surface area contributed by atoms with Gasteiger partial charge in [-0.3, -0.25) is 4.79 Å². The smallest absolute Gasteiger partial charge is 0.162 e. The molecule has 4 aliphatic rings. The fourth-order valence-corrected chi connectivity index (χ4v) is 4.73. The van der Waals surface area contributed by atoms with Crippen LogP contribution in [0.1, 0.15) is 39.0 Å². The molecule has 4 bridgehead atoms. The van der Waals surface area contributed by atoms with Crippen LogP contribution in [0.15, 0.2) is 5.11 Å². The maximum absolute atomic E-state index is 12.3. The molecule has 1 atom stereocenters. The molecule has 0 amide bonds. The highest BCUT2D eigenvalue weighted by atomic mass is 16.1. The summed E-state index contributed by atoms with van der Waals surface area (Å²) in [5.74, 6) is 3.59. The summed E-state index contributed by atoms with van der Waals surface area (Å²) in [6.45, 7) is 1.78. The highest BCUT2D eigenvalue weighted by molar-refractivity contribution is 5.86. The third-order valence-corrected chi connectivity index (χ3v) is 5.16. The first-order valence-electron chi connectivity index (χ1n) is 6.59. The molecule has 0 aromatic heterocycles. The lowest BCUT2D eigenvalue weighted by atomic mass is 9.51. The maximum Gasteiger partial charge on any atom is 0.162 e. The summed E-state index contributed by atoms with van der Waals surface area (Å²) in [7, 11) is 0. The molecular formula is C13H20N2O. The van der Waals surface area contributed by atoms with Crippen LogP contribution in [-0.4, -0.2) is 11.8 Å². The van der Waals surface area contributed by atoms with E-state index in [1.807, 2.05) is 0 Å². The molecule has 4 aliphatic carbocycles. The van der Waals surface area contributed by atoms with E-state index in [0.717, 1.165) is 11.8 Å². The van der Waals surface area contributed by atoms with Crippen molar-refractivity contribution in [1.29, 1.82) is 5.53 Å². The van der Waals surface area contributed by atoms with Gasteiger partial charge in [0.05, 0.1) is 0 Å². The van der Waals surface area contributed by atoms with Crippen molar-refractivity contribution in [1.82, 2.24) is 0 Å². The minimum absolute atomic E-state index is 0.247. The molecule has 3 heteroatoms. The van der Waals surface area contributed by atoms with E-state index in [1.54, 1.807) is 6.92 Å². The molecule has 0 aromatic carbocycles. The van der Waals surface area contributed by atoms with E-state index >= 15 is 0 Å². The third-order valence-electron chi connectivity index (χ3n) is 5.16. The highest BCUT2D eigenvalue weighted by Crippen LogP contribution is 2.56. The minimum Gasteiger partial charge on any atom is -0.297 e. The molecule has 1 unspecified atom stereocenters. The van der Waals surface area contributed by atoms with E-state index in [0.29, 0.717) is 11.8 Å². The van der Waals surface area contributed by atoms with Gasteiger partial charge < -0.3 is 0 Å². The average molecular weight is 220 g/mol. The fourth-order valence-electron chi connectivity index (χ4n) is 4.73. The minimum atomic E-state index is -0.400. The van der Waals surface area contributed by atoms with Crippen molar-refractivity contribution >= 4 is 5.78 Å². The maximum atomic E-state index is 12.3. The topological polar surface area (TPSA) is 53.3 Å². The van der Waals surface area contributed by atoms with Gasteiger partial charge in [-0.1, -0.05) is 0 Å². The van der Waals surface area contributed by atoms with E-state index in [4.69, 9.17) is 5.53 Å². The molecule has 0 heterocycles. The SMILES string of the molecule is CC(N=N)C(=O)C1C2CC3CC(C2)CC1C3. The zero-order chi connectivity index (χ0) is 11.3. The van der Waals surface area contributed by atoms with Crippen molar-refractivity contribution in [3.8, 4) is 0 Å². The van der Waals surface area contributed by atoms with Crippen molar-refractivity contribution in [2.75, 3.05) is 0 Å². The lowest BCUT2D eigenvalue weighted by Crippen LogP contribution is -2.49. The first-order valence-corrected chi connectivity index (χ1v) is 6.59. The second-order valence-electron chi connectivity index (χ2n) is 6.16. The zero-order valence-electron chi connectivity index (χ0n) is 9.86. The molecule has 0 aliphatic heterocycles. The quantitative estimate of drug-likeness (QED) is 0.730. The molecule has 4 saturated carbocycles. The van der Waals surface area contributed by atoms with Gasteiger partial charge in [-0.15, -0.1) is 0 Å². The first-order chi connectivity index (χ1) is 7.69. The Hall–Kier alpha value is -0.730. The number of hydrogen-bond donors (Lipinski definition) is 1. The zero-order valence-corrected chi connectivity index (χ0v) is 9.86. The van der Waals surface area contributed by atoms with Crippen molar-refractivity contribution in [2.45, 2.75) is 45.1 Å². The van der Waals surface area contributed by atoms with Gasteiger partial charge in [0.25, 0.3) is 0 Å². The van der Waals surface area contributed by atoms with Gasteiger partial charge >= 0.3 is 0 Å². The molecule has 4 fully saturated rings. The Morgan fingerprint density at radius 2 is 1.62 bits per heavy atom.